The lowest BCUT2D eigenvalue weighted by atomic mass is 10.1. The molecule has 23 heavy (non-hydrogen) atoms. The normalized spacial score (nSPS) is 17.4. The molecule has 1 aromatic rings. The lowest BCUT2D eigenvalue weighted by Gasteiger charge is -2.32. The quantitative estimate of drug-likeness (QED) is 0.894. The molecule has 0 aromatic heterocycles. The highest BCUT2D eigenvalue weighted by molar-refractivity contribution is 5.79. The van der Waals surface area contributed by atoms with Gasteiger partial charge in [-0.2, -0.15) is 0 Å². The molecule has 1 heterocycles. The summed E-state index contributed by atoms with van der Waals surface area (Å²) in [6.45, 7) is 5.27. The van der Waals surface area contributed by atoms with Gasteiger partial charge in [-0.05, 0) is 25.8 Å². The van der Waals surface area contributed by atoms with Crippen LogP contribution >= 0.6 is 0 Å². The van der Waals surface area contributed by atoms with Gasteiger partial charge in [0.05, 0.1) is 12.6 Å². The number of carbonyl (C=O) groups excluding carboxylic acids is 2. The van der Waals surface area contributed by atoms with Crippen LogP contribution in [-0.4, -0.2) is 53.5 Å². The van der Waals surface area contributed by atoms with Crippen LogP contribution in [0.2, 0.25) is 0 Å². The number of rotatable bonds is 5. The molecule has 0 saturated carbocycles. The minimum atomic E-state index is -0.333. The molecule has 6 nitrogen and oxygen atoms in total. The monoisotopic (exact) mass is 319 g/mol. The number of likely N-dealkylation sites (tertiary alicyclic amines) is 1. The predicted molar refractivity (Wildman–Crippen MR) is 87.6 cm³/mol. The zero-order valence-corrected chi connectivity index (χ0v) is 13.8. The van der Waals surface area contributed by atoms with E-state index in [1.165, 1.54) is 0 Å². The first kappa shape index (κ1) is 17.3. The van der Waals surface area contributed by atoms with Crippen molar-refractivity contribution in [2.75, 3.05) is 19.6 Å². The number of nitrogens with two attached hydrogens (primary N) is 1. The van der Waals surface area contributed by atoms with E-state index < -0.39 is 0 Å². The maximum atomic E-state index is 12.2. The molecule has 1 atom stereocenters. The number of hydrogen-bond acceptors (Lipinski definition) is 4. The summed E-state index contributed by atoms with van der Waals surface area (Å²) >= 11 is 0. The van der Waals surface area contributed by atoms with E-state index in [4.69, 9.17) is 10.5 Å². The Morgan fingerprint density at radius 3 is 2.65 bits per heavy atom. The third kappa shape index (κ3) is 4.45. The van der Waals surface area contributed by atoms with Gasteiger partial charge in [0.15, 0.2) is 0 Å². The van der Waals surface area contributed by atoms with E-state index in [-0.39, 0.29) is 37.2 Å². The van der Waals surface area contributed by atoms with Crippen LogP contribution in [0.3, 0.4) is 0 Å². The molecule has 0 bridgehead atoms. The van der Waals surface area contributed by atoms with Crippen molar-refractivity contribution in [1.29, 1.82) is 0 Å². The number of nitrogens with zero attached hydrogens (tertiary/aromatic N) is 2. The average molecular weight is 319 g/mol. The maximum Gasteiger partial charge on any atom is 0.410 e. The number of amides is 2. The van der Waals surface area contributed by atoms with Crippen LogP contribution in [0.25, 0.3) is 0 Å². The summed E-state index contributed by atoms with van der Waals surface area (Å²) in [5, 5.41) is 0. The highest BCUT2D eigenvalue weighted by atomic mass is 16.6. The van der Waals surface area contributed by atoms with Crippen molar-refractivity contribution in [2.24, 2.45) is 5.73 Å². The highest BCUT2D eigenvalue weighted by Crippen LogP contribution is 2.19. The first-order chi connectivity index (χ1) is 11.0. The fraction of sp³-hybridized carbons (Fsp3) is 0.529. The summed E-state index contributed by atoms with van der Waals surface area (Å²) in [7, 11) is 0. The van der Waals surface area contributed by atoms with Gasteiger partial charge >= 0.3 is 6.09 Å². The fourth-order valence-corrected chi connectivity index (χ4v) is 2.96. The minimum absolute atomic E-state index is 0.00681. The van der Waals surface area contributed by atoms with Gasteiger partial charge < -0.3 is 20.3 Å². The predicted octanol–water partition coefficient (Wildman–Crippen LogP) is 1.59. The van der Waals surface area contributed by atoms with Gasteiger partial charge in [0.25, 0.3) is 0 Å². The smallest absolute Gasteiger partial charge is 0.410 e. The molecule has 6 heteroatoms. The Balaban J connectivity index is 1.88. The van der Waals surface area contributed by atoms with Gasteiger partial charge in [0, 0.05) is 19.1 Å². The summed E-state index contributed by atoms with van der Waals surface area (Å²) in [5.74, 6) is -0.0792. The van der Waals surface area contributed by atoms with Crippen molar-refractivity contribution < 1.29 is 14.3 Å². The molecule has 0 spiro atoms. The molecule has 0 unspecified atom stereocenters. The number of hydrogen-bond donors (Lipinski definition) is 1. The summed E-state index contributed by atoms with van der Waals surface area (Å²) in [5.41, 5.74) is 6.45. The van der Waals surface area contributed by atoms with Crippen molar-refractivity contribution in [1.82, 2.24) is 9.80 Å². The van der Waals surface area contributed by atoms with E-state index in [0.29, 0.717) is 13.1 Å². The van der Waals surface area contributed by atoms with Crippen LogP contribution in [0.15, 0.2) is 30.3 Å². The first-order valence-electron chi connectivity index (χ1n) is 7.99. The Kier molecular flexibility index (Phi) is 5.98. The molecule has 1 aliphatic heterocycles. The van der Waals surface area contributed by atoms with E-state index in [1.807, 2.05) is 44.2 Å². The molecule has 2 N–H and O–H groups in total. The standard InChI is InChI=1S/C17H25N3O3/c1-13(2)20(16(21)10-18)15-8-9-19(11-15)17(22)23-12-14-6-4-3-5-7-14/h3-7,13,15H,8-12,18H2,1-2H3/t15-/m0/s1. The summed E-state index contributed by atoms with van der Waals surface area (Å²) < 4.78 is 5.35. The number of carbonyl (C=O) groups is 2. The van der Waals surface area contributed by atoms with Crippen LogP contribution in [0.5, 0.6) is 0 Å². The average Bonchev–Trinajstić information content (AvgIpc) is 3.02. The van der Waals surface area contributed by atoms with E-state index >= 15 is 0 Å². The van der Waals surface area contributed by atoms with E-state index in [9.17, 15) is 9.59 Å². The molecular weight excluding hydrogens is 294 g/mol. The van der Waals surface area contributed by atoms with Crippen LogP contribution in [0, 0.1) is 0 Å². The second kappa shape index (κ2) is 7.97. The molecule has 2 amide bonds. The second-order valence-corrected chi connectivity index (χ2v) is 6.03. The molecule has 0 radical (unpaired) electrons. The Labute approximate surface area is 137 Å². The molecule has 0 aliphatic carbocycles. The highest BCUT2D eigenvalue weighted by Gasteiger charge is 2.34. The number of ether oxygens (including phenoxy) is 1. The van der Waals surface area contributed by atoms with Crippen molar-refractivity contribution >= 4 is 12.0 Å². The van der Waals surface area contributed by atoms with Gasteiger partial charge in [-0.25, -0.2) is 4.79 Å². The lowest BCUT2D eigenvalue weighted by Crippen LogP contribution is -2.48. The van der Waals surface area contributed by atoms with E-state index in [2.05, 4.69) is 0 Å². The molecule has 1 saturated heterocycles. The van der Waals surface area contributed by atoms with Gasteiger partial charge in [-0.15, -0.1) is 0 Å². The topological polar surface area (TPSA) is 75.9 Å². The third-order valence-corrected chi connectivity index (χ3v) is 4.04. The van der Waals surface area contributed by atoms with Crippen LogP contribution in [0.4, 0.5) is 4.79 Å². The zero-order chi connectivity index (χ0) is 16.8. The molecule has 1 aliphatic rings. The van der Waals surface area contributed by atoms with Gasteiger partial charge in [0.2, 0.25) is 5.91 Å². The Morgan fingerprint density at radius 2 is 2.04 bits per heavy atom. The SMILES string of the molecule is CC(C)N(C(=O)CN)[C@H]1CCN(C(=O)OCc2ccccc2)C1. The maximum absolute atomic E-state index is 12.2. The zero-order valence-electron chi connectivity index (χ0n) is 13.8. The number of benzene rings is 1. The largest absolute Gasteiger partial charge is 0.445 e. The molecule has 2 rings (SSSR count). The molecule has 126 valence electrons. The lowest BCUT2D eigenvalue weighted by molar-refractivity contribution is -0.133. The van der Waals surface area contributed by atoms with Crippen molar-refractivity contribution in [3.05, 3.63) is 35.9 Å². The third-order valence-electron chi connectivity index (χ3n) is 4.04. The van der Waals surface area contributed by atoms with Crippen LogP contribution < -0.4 is 5.73 Å². The minimum Gasteiger partial charge on any atom is -0.445 e. The second-order valence-electron chi connectivity index (χ2n) is 6.03. The van der Waals surface area contributed by atoms with Gasteiger partial charge in [-0.1, -0.05) is 30.3 Å². The van der Waals surface area contributed by atoms with E-state index in [0.717, 1.165) is 12.0 Å². The Morgan fingerprint density at radius 1 is 1.35 bits per heavy atom. The molecule has 1 aromatic carbocycles. The van der Waals surface area contributed by atoms with Gasteiger partial charge in [-0.3, -0.25) is 4.79 Å². The van der Waals surface area contributed by atoms with Crippen molar-refractivity contribution in [2.45, 2.75) is 39.0 Å². The Hall–Kier alpha value is -2.08. The first-order valence-corrected chi connectivity index (χ1v) is 7.99. The van der Waals surface area contributed by atoms with Crippen LogP contribution in [0.1, 0.15) is 25.8 Å². The molecular formula is C17H25N3O3. The summed E-state index contributed by atoms with van der Waals surface area (Å²) in [6, 6.07) is 9.65. The van der Waals surface area contributed by atoms with E-state index in [1.54, 1.807) is 9.80 Å². The van der Waals surface area contributed by atoms with Crippen molar-refractivity contribution in [3.8, 4) is 0 Å². The fourth-order valence-electron chi connectivity index (χ4n) is 2.96. The van der Waals surface area contributed by atoms with Gasteiger partial charge in [0.1, 0.15) is 6.61 Å². The Bertz CT molecular complexity index is 533. The van der Waals surface area contributed by atoms with Crippen molar-refractivity contribution in [3.63, 3.8) is 0 Å². The molecule has 1 fully saturated rings. The van der Waals surface area contributed by atoms with Crippen LogP contribution in [-0.2, 0) is 16.1 Å². The summed E-state index contributed by atoms with van der Waals surface area (Å²) in [4.78, 5) is 27.6. The summed E-state index contributed by atoms with van der Waals surface area (Å²) in [6.07, 6.45) is 0.421.